The molecule has 5 heteroatoms. The van der Waals surface area contributed by atoms with E-state index in [4.69, 9.17) is 9.97 Å². The molecular formula is C22H23N5. The lowest BCUT2D eigenvalue weighted by Gasteiger charge is -2.13. The van der Waals surface area contributed by atoms with E-state index in [-0.39, 0.29) is 0 Å². The summed E-state index contributed by atoms with van der Waals surface area (Å²) in [5.74, 6) is 1.57. The van der Waals surface area contributed by atoms with Crippen molar-refractivity contribution < 1.29 is 0 Å². The van der Waals surface area contributed by atoms with Crippen LogP contribution in [0.15, 0.2) is 60.8 Å². The van der Waals surface area contributed by atoms with E-state index in [1.165, 1.54) is 0 Å². The summed E-state index contributed by atoms with van der Waals surface area (Å²) in [6.45, 7) is 1.91. The van der Waals surface area contributed by atoms with Gasteiger partial charge in [-0.3, -0.25) is 4.98 Å². The summed E-state index contributed by atoms with van der Waals surface area (Å²) in [7, 11) is 4.18. The highest BCUT2D eigenvalue weighted by atomic mass is 15.1. The van der Waals surface area contributed by atoms with E-state index in [1.54, 1.807) is 0 Å². The zero-order valence-corrected chi connectivity index (χ0v) is 15.7. The van der Waals surface area contributed by atoms with E-state index in [0.29, 0.717) is 5.82 Å². The Kier molecular flexibility index (Phi) is 4.94. The van der Waals surface area contributed by atoms with Crippen LogP contribution in [0.1, 0.15) is 6.42 Å². The summed E-state index contributed by atoms with van der Waals surface area (Å²) in [4.78, 5) is 16.3. The van der Waals surface area contributed by atoms with Gasteiger partial charge >= 0.3 is 0 Å². The fraction of sp³-hybridized carbons (Fsp3) is 0.227. The standard InChI is InChI=1S/C22H23N5/c1-27(2)13-7-12-23-22-18-9-4-6-11-20(18)25-21(26-22)17-14-16-8-3-5-10-19(16)24-15-17/h3-6,8-11,14-15H,7,12-13H2,1-2H3,(H,23,25,26). The van der Waals surface area contributed by atoms with Crippen LogP contribution in [0.25, 0.3) is 33.2 Å². The van der Waals surface area contributed by atoms with Crippen LogP contribution in [-0.4, -0.2) is 47.0 Å². The molecule has 2 heterocycles. The van der Waals surface area contributed by atoms with Crippen molar-refractivity contribution in [1.82, 2.24) is 19.9 Å². The Morgan fingerprint density at radius 3 is 2.56 bits per heavy atom. The first-order valence-corrected chi connectivity index (χ1v) is 9.21. The second-order valence-electron chi connectivity index (χ2n) is 6.91. The zero-order valence-electron chi connectivity index (χ0n) is 15.7. The number of fused-ring (bicyclic) bond motifs is 2. The lowest BCUT2D eigenvalue weighted by atomic mass is 10.1. The van der Waals surface area contributed by atoms with Crippen molar-refractivity contribution in [2.75, 3.05) is 32.5 Å². The third-order valence-corrected chi connectivity index (χ3v) is 4.53. The van der Waals surface area contributed by atoms with Gasteiger partial charge in [0.2, 0.25) is 0 Å². The molecule has 0 spiro atoms. The second-order valence-corrected chi connectivity index (χ2v) is 6.91. The molecule has 0 atom stereocenters. The van der Waals surface area contributed by atoms with Crippen LogP contribution in [0.3, 0.4) is 0 Å². The van der Waals surface area contributed by atoms with Crippen LogP contribution in [0.5, 0.6) is 0 Å². The summed E-state index contributed by atoms with van der Waals surface area (Å²) in [5, 5.41) is 5.62. The van der Waals surface area contributed by atoms with Gasteiger partial charge in [-0.25, -0.2) is 9.97 Å². The number of benzene rings is 2. The molecule has 0 aliphatic carbocycles. The third kappa shape index (κ3) is 3.88. The molecule has 0 unspecified atom stereocenters. The number of nitrogens with one attached hydrogen (secondary N) is 1. The monoisotopic (exact) mass is 357 g/mol. The molecule has 0 radical (unpaired) electrons. The van der Waals surface area contributed by atoms with Gasteiger partial charge in [-0.2, -0.15) is 0 Å². The summed E-state index contributed by atoms with van der Waals surface area (Å²) in [6.07, 6.45) is 2.90. The highest BCUT2D eigenvalue weighted by Gasteiger charge is 2.10. The predicted molar refractivity (Wildman–Crippen MR) is 112 cm³/mol. The second kappa shape index (κ2) is 7.68. The van der Waals surface area contributed by atoms with E-state index < -0.39 is 0 Å². The topological polar surface area (TPSA) is 53.9 Å². The number of aromatic nitrogens is 3. The number of pyridine rings is 1. The number of anilines is 1. The van der Waals surface area contributed by atoms with E-state index in [9.17, 15) is 0 Å². The molecule has 0 saturated heterocycles. The summed E-state index contributed by atoms with van der Waals surface area (Å²) in [6, 6.07) is 18.3. The summed E-state index contributed by atoms with van der Waals surface area (Å²) < 4.78 is 0. The average molecular weight is 357 g/mol. The van der Waals surface area contributed by atoms with Crippen LogP contribution < -0.4 is 5.32 Å². The Labute approximate surface area is 159 Å². The first-order chi connectivity index (χ1) is 13.2. The van der Waals surface area contributed by atoms with Crippen molar-refractivity contribution >= 4 is 27.6 Å². The van der Waals surface area contributed by atoms with Gasteiger partial charge in [-0.1, -0.05) is 30.3 Å². The van der Waals surface area contributed by atoms with Crippen LogP contribution in [0, 0.1) is 0 Å². The number of para-hydroxylation sites is 2. The summed E-state index contributed by atoms with van der Waals surface area (Å²) in [5.41, 5.74) is 2.84. The Morgan fingerprint density at radius 1 is 0.926 bits per heavy atom. The highest BCUT2D eigenvalue weighted by Crippen LogP contribution is 2.26. The van der Waals surface area contributed by atoms with E-state index in [2.05, 4.69) is 47.5 Å². The van der Waals surface area contributed by atoms with Crippen molar-refractivity contribution in [3.05, 3.63) is 60.8 Å². The van der Waals surface area contributed by atoms with Crippen LogP contribution in [0.4, 0.5) is 5.82 Å². The molecular weight excluding hydrogens is 334 g/mol. The number of hydrogen-bond acceptors (Lipinski definition) is 5. The van der Waals surface area contributed by atoms with E-state index in [0.717, 1.165) is 52.7 Å². The van der Waals surface area contributed by atoms with Gasteiger partial charge in [0.1, 0.15) is 5.82 Å². The summed E-state index contributed by atoms with van der Waals surface area (Å²) >= 11 is 0. The molecule has 0 saturated carbocycles. The lowest BCUT2D eigenvalue weighted by molar-refractivity contribution is 0.405. The van der Waals surface area contributed by atoms with Crippen molar-refractivity contribution in [1.29, 1.82) is 0 Å². The van der Waals surface area contributed by atoms with Gasteiger partial charge in [0.05, 0.1) is 11.0 Å². The first kappa shape index (κ1) is 17.4. The van der Waals surface area contributed by atoms with Gasteiger partial charge in [0, 0.05) is 29.1 Å². The molecule has 0 amide bonds. The SMILES string of the molecule is CN(C)CCCNc1nc(-c2cnc3ccccc3c2)nc2ccccc12. The smallest absolute Gasteiger partial charge is 0.163 e. The Bertz CT molecular complexity index is 1070. The fourth-order valence-corrected chi connectivity index (χ4v) is 3.14. The largest absolute Gasteiger partial charge is 0.369 e. The number of nitrogens with zero attached hydrogens (tertiary/aromatic N) is 4. The molecule has 5 nitrogen and oxygen atoms in total. The molecule has 2 aromatic carbocycles. The average Bonchev–Trinajstić information content (AvgIpc) is 2.70. The van der Waals surface area contributed by atoms with Crippen molar-refractivity contribution in [3.63, 3.8) is 0 Å². The lowest BCUT2D eigenvalue weighted by Crippen LogP contribution is -2.16. The van der Waals surface area contributed by atoms with E-state index >= 15 is 0 Å². The number of hydrogen-bond donors (Lipinski definition) is 1. The third-order valence-electron chi connectivity index (χ3n) is 4.53. The van der Waals surface area contributed by atoms with Gasteiger partial charge in [0.25, 0.3) is 0 Å². The molecule has 0 aliphatic rings. The minimum absolute atomic E-state index is 0.696. The molecule has 4 rings (SSSR count). The highest BCUT2D eigenvalue weighted by molar-refractivity contribution is 5.91. The van der Waals surface area contributed by atoms with Crippen molar-refractivity contribution in [3.8, 4) is 11.4 Å². The predicted octanol–water partition coefficient (Wildman–Crippen LogP) is 4.21. The van der Waals surface area contributed by atoms with Gasteiger partial charge in [0.15, 0.2) is 5.82 Å². The minimum atomic E-state index is 0.696. The van der Waals surface area contributed by atoms with Crippen molar-refractivity contribution in [2.24, 2.45) is 0 Å². The minimum Gasteiger partial charge on any atom is -0.369 e. The van der Waals surface area contributed by atoms with Gasteiger partial charge in [-0.05, 0) is 51.3 Å². The zero-order chi connectivity index (χ0) is 18.6. The number of rotatable bonds is 6. The molecule has 0 bridgehead atoms. The maximum absolute atomic E-state index is 4.82. The maximum Gasteiger partial charge on any atom is 0.163 e. The van der Waals surface area contributed by atoms with Gasteiger partial charge in [-0.15, -0.1) is 0 Å². The normalized spacial score (nSPS) is 11.4. The van der Waals surface area contributed by atoms with Crippen LogP contribution in [-0.2, 0) is 0 Å². The fourth-order valence-electron chi connectivity index (χ4n) is 3.14. The maximum atomic E-state index is 4.82. The molecule has 0 aliphatic heterocycles. The Morgan fingerprint density at radius 2 is 1.70 bits per heavy atom. The van der Waals surface area contributed by atoms with Crippen LogP contribution in [0.2, 0.25) is 0 Å². The molecule has 2 aromatic heterocycles. The Hall–Kier alpha value is -3.05. The quantitative estimate of drug-likeness (QED) is 0.524. The molecule has 27 heavy (non-hydrogen) atoms. The molecule has 4 aromatic rings. The van der Waals surface area contributed by atoms with Gasteiger partial charge < -0.3 is 10.2 Å². The first-order valence-electron chi connectivity index (χ1n) is 9.21. The molecule has 136 valence electrons. The van der Waals surface area contributed by atoms with E-state index in [1.807, 2.05) is 42.6 Å². The van der Waals surface area contributed by atoms with Crippen molar-refractivity contribution in [2.45, 2.75) is 6.42 Å². The Balaban J connectivity index is 1.71. The van der Waals surface area contributed by atoms with Crippen LogP contribution >= 0.6 is 0 Å². The molecule has 0 fully saturated rings. The molecule has 1 N–H and O–H groups in total.